The Morgan fingerprint density at radius 2 is 2.10 bits per heavy atom. The fraction of sp³-hybridized carbons (Fsp3) is 0.312. The first-order valence-corrected chi connectivity index (χ1v) is 6.95. The molecule has 21 heavy (non-hydrogen) atoms. The molecule has 5 nitrogen and oxygen atoms in total. The quantitative estimate of drug-likeness (QED) is 0.916. The van der Waals surface area contributed by atoms with Gasteiger partial charge in [0.1, 0.15) is 0 Å². The fourth-order valence-electron chi connectivity index (χ4n) is 2.80. The van der Waals surface area contributed by atoms with Crippen LogP contribution in [0, 0.1) is 12.8 Å². The lowest BCUT2D eigenvalue weighted by atomic mass is 10.1. The number of fused-ring (bicyclic) bond motifs is 1. The maximum Gasteiger partial charge on any atom is 0.308 e. The lowest BCUT2D eigenvalue weighted by Crippen LogP contribution is -2.30. The number of rotatable bonds is 2. The third kappa shape index (κ3) is 2.46. The number of aromatic nitrogens is 1. The van der Waals surface area contributed by atoms with Crippen LogP contribution in [0.1, 0.15) is 22.5 Å². The Kier molecular flexibility index (Phi) is 3.33. The highest BCUT2D eigenvalue weighted by molar-refractivity contribution is 6.06. The summed E-state index contributed by atoms with van der Waals surface area (Å²) in [4.78, 5) is 29.8. The van der Waals surface area contributed by atoms with E-state index in [1.165, 1.54) is 0 Å². The molecule has 5 heteroatoms. The maximum absolute atomic E-state index is 12.7. The highest BCUT2D eigenvalue weighted by Crippen LogP contribution is 2.23. The van der Waals surface area contributed by atoms with Crippen LogP contribution in [0.25, 0.3) is 10.9 Å². The number of aliphatic carboxylic acids is 1. The van der Waals surface area contributed by atoms with Gasteiger partial charge in [-0.25, -0.2) is 0 Å². The predicted molar refractivity (Wildman–Crippen MR) is 78.1 cm³/mol. The molecule has 108 valence electrons. The van der Waals surface area contributed by atoms with Crippen molar-refractivity contribution in [2.75, 3.05) is 13.1 Å². The van der Waals surface area contributed by atoms with Crippen molar-refractivity contribution in [3.8, 4) is 0 Å². The van der Waals surface area contributed by atoms with Crippen LogP contribution < -0.4 is 0 Å². The highest BCUT2D eigenvalue weighted by atomic mass is 16.4. The molecule has 1 N–H and O–H groups in total. The number of benzene rings is 1. The number of carbonyl (C=O) groups is 2. The molecule has 0 unspecified atom stereocenters. The third-order valence-corrected chi connectivity index (χ3v) is 3.90. The van der Waals surface area contributed by atoms with Crippen molar-refractivity contribution >= 4 is 22.8 Å². The van der Waals surface area contributed by atoms with Gasteiger partial charge in [0.15, 0.2) is 0 Å². The molecular weight excluding hydrogens is 268 g/mol. The first kappa shape index (κ1) is 13.5. The van der Waals surface area contributed by atoms with Gasteiger partial charge in [-0.2, -0.15) is 0 Å². The largest absolute Gasteiger partial charge is 0.481 e. The Hall–Kier alpha value is -2.43. The standard InChI is InChI=1S/C16H16N2O3/c1-10-8-13(12-4-2-3-5-14(12)17-10)15(19)18-7-6-11(9-18)16(20)21/h2-5,8,11H,6-7,9H2,1H3,(H,20,21)/t11-/m1/s1. The van der Waals surface area contributed by atoms with E-state index in [0.717, 1.165) is 16.6 Å². The van der Waals surface area contributed by atoms with Crippen LogP contribution in [0.2, 0.25) is 0 Å². The number of likely N-dealkylation sites (tertiary alicyclic amines) is 1. The van der Waals surface area contributed by atoms with Crippen molar-refractivity contribution < 1.29 is 14.7 Å². The van der Waals surface area contributed by atoms with Gasteiger partial charge in [0, 0.05) is 24.2 Å². The van der Waals surface area contributed by atoms with E-state index in [2.05, 4.69) is 4.98 Å². The number of carboxylic acid groups (broad SMARTS) is 1. The Labute approximate surface area is 122 Å². The van der Waals surface area contributed by atoms with Crippen LogP contribution in [0.15, 0.2) is 30.3 Å². The zero-order valence-corrected chi connectivity index (χ0v) is 11.7. The summed E-state index contributed by atoms with van der Waals surface area (Å²) in [6, 6.07) is 9.29. The van der Waals surface area contributed by atoms with Gasteiger partial charge in [0.2, 0.25) is 0 Å². The lowest BCUT2D eigenvalue weighted by Gasteiger charge is -2.17. The molecule has 1 aliphatic rings. The molecule has 2 heterocycles. The van der Waals surface area contributed by atoms with E-state index in [9.17, 15) is 9.59 Å². The van der Waals surface area contributed by atoms with Crippen molar-refractivity contribution in [2.45, 2.75) is 13.3 Å². The Morgan fingerprint density at radius 1 is 1.33 bits per heavy atom. The number of amides is 1. The smallest absolute Gasteiger partial charge is 0.308 e. The first-order chi connectivity index (χ1) is 10.1. The fourth-order valence-corrected chi connectivity index (χ4v) is 2.80. The van der Waals surface area contributed by atoms with E-state index in [1.54, 1.807) is 11.0 Å². The zero-order valence-electron chi connectivity index (χ0n) is 11.7. The van der Waals surface area contributed by atoms with E-state index in [-0.39, 0.29) is 12.5 Å². The number of carboxylic acids is 1. The van der Waals surface area contributed by atoms with Crippen LogP contribution >= 0.6 is 0 Å². The van der Waals surface area contributed by atoms with Gasteiger partial charge in [0.25, 0.3) is 5.91 Å². The van der Waals surface area contributed by atoms with Gasteiger partial charge in [-0.3, -0.25) is 14.6 Å². The molecule has 0 radical (unpaired) electrons. The van der Waals surface area contributed by atoms with Gasteiger partial charge in [-0.1, -0.05) is 18.2 Å². The normalized spacial score (nSPS) is 18.1. The minimum absolute atomic E-state index is 0.111. The summed E-state index contributed by atoms with van der Waals surface area (Å²) in [6.45, 7) is 2.63. The number of aryl methyl sites for hydroxylation is 1. The Bertz CT molecular complexity index is 727. The van der Waals surface area contributed by atoms with Crippen LogP contribution in [0.3, 0.4) is 0 Å². The topological polar surface area (TPSA) is 70.5 Å². The summed E-state index contributed by atoms with van der Waals surface area (Å²) in [6.07, 6.45) is 0.517. The van der Waals surface area contributed by atoms with E-state index >= 15 is 0 Å². The predicted octanol–water partition coefficient (Wildman–Crippen LogP) is 2.09. The van der Waals surface area contributed by atoms with Crippen molar-refractivity contribution in [3.05, 3.63) is 41.6 Å². The van der Waals surface area contributed by atoms with Crippen molar-refractivity contribution in [1.82, 2.24) is 9.88 Å². The molecule has 1 atom stereocenters. The molecule has 1 saturated heterocycles. The molecule has 1 aromatic carbocycles. The molecule has 1 amide bonds. The molecule has 3 rings (SSSR count). The van der Waals surface area contributed by atoms with Crippen LogP contribution in [0.5, 0.6) is 0 Å². The molecule has 0 spiro atoms. The van der Waals surface area contributed by atoms with E-state index in [1.807, 2.05) is 31.2 Å². The van der Waals surface area contributed by atoms with Gasteiger partial charge in [-0.15, -0.1) is 0 Å². The number of hydrogen-bond donors (Lipinski definition) is 1. The summed E-state index contributed by atoms with van der Waals surface area (Å²) in [5.74, 6) is -1.40. The van der Waals surface area contributed by atoms with Gasteiger partial charge >= 0.3 is 5.97 Å². The first-order valence-electron chi connectivity index (χ1n) is 6.95. The monoisotopic (exact) mass is 284 g/mol. The summed E-state index contributed by atoms with van der Waals surface area (Å²) in [5, 5.41) is 9.86. The number of carbonyl (C=O) groups excluding carboxylic acids is 1. The summed E-state index contributed by atoms with van der Waals surface area (Å²) < 4.78 is 0. The molecule has 0 aliphatic carbocycles. The molecule has 2 aromatic rings. The van der Waals surface area contributed by atoms with Gasteiger partial charge < -0.3 is 10.0 Å². The van der Waals surface area contributed by atoms with Crippen LogP contribution in [-0.2, 0) is 4.79 Å². The third-order valence-electron chi connectivity index (χ3n) is 3.90. The van der Waals surface area contributed by atoms with Gasteiger partial charge in [-0.05, 0) is 25.5 Å². The number of pyridine rings is 1. The SMILES string of the molecule is Cc1cc(C(=O)N2CC[C@@H](C(=O)O)C2)c2ccccc2n1. The maximum atomic E-state index is 12.7. The van der Waals surface area contributed by atoms with Crippen LogP contribution in [0.4, 0.5) is 0 Å². The Balaban J connectivity index is 1.97. The summed E-state index contributed by atoms with van der Waals surface area (Å²) in [5.41, 5.74) is 2.17. The number of hydrogen-bond acceptors (Lipinski definition) is 3. The average molecular weight is 284 g/mol. The van der Waals surface area contributed by atoms with Crippen molar-refractivity contribution in [2.24, 2.45) is 5.92 Å². The molecule has 1 aliphatic heterocycles. The van der Waals surface area contributed by atoms with Crippen molar-refractivity contribution in [1.29, 1.82) is 0 Å². The van der Waals surface area contributed by atoms with E-state index < -0.39 is 11.9 Å². The zero-order chi connectivity index (χ0) is 15.0. The van der Waals surface area contributed by atoms with Crippen molar-refractivity contribution in [3.63, 3.8) is 0 Å². The summed E-state index contributed by atoms with van der Waals surface area (Å²) in [7, 11) is 0. The van der Waals surface area contributed by atoms with Gasteiger partial charge in [0.05, 0.1) is 17.0 Å². The minimum atomic E-state index is -0.832. The second-order valence-electron chi connectivity index (χ2n) is 5.40. The molecular formula is C16H16N2O3. The lowest BCUT2D eigenvalue weighted by molar-refractivity contribution is -0.141. The number of nitrogens with zero attached hydrogens (tertiary/aromatic N) is 2. The average Bonchev–Trinajstić information content (AvgIpc) is 2.95. The summed E-state index contributed by atoms with van der Waals surface area (Å²) >= 11 is 0. The molecule has 1 fully saturated rings. The molecule has 0 bridgehead atoms. The van der Waals surface area contributed by atoms with Crippen LogP contribution in [-0.4, -0.2) is 40.0 Å². The minimum Gasteiger partial charge on any atom is -0.481 e. The second kappa shape index (κ2) is 5.16. The number of para-hydroxylation sites is 1. The van der Waals surface area contributed by atoms with E-state index in [4.69, 9.17) is 5.11 Å². The molecule has 0 saturated carbocycles. The highest BCUT2D eigenvalue weighted by Gasteiger charge is 2.31. The molecule has 1 aromatic heterocycles. The Morgan fingerprint density at radius 3 is 2.81 bits per heavy atom. The van der Waals surface area contributed by atoms with E-state index in [0.29, 0.717) is 18.5 Å². The second-order valence-corrected chi connectivity index (χ2v) is 5.40.